The van der Waals surface area contributed by atoms with Crippen molar-refractivity contribution in [1.82, 2.24) is 22.8 Å². The molecule has 16 rings (SSSR count). The molecule has 5 aromatic heterocycles. The number of nitriles is 2. The highest BCUT2D eigenvalue weighted by Crippen LogP contribution is 2.50. The second-order valence-corrected chi connectivity index (χ2v) is 19.4. The van der Waals surface area contributed by atoms with Crippen molar-refractivity contribution in [1.29, 1.82) is 10.5 Å². The number of para-hydroxylation sites is 9. The molecule has 7 heteroatoms. The van der Waals surface area contributed by atoms with Crippen LogP contribution >= 0.6 is 0 Å². The molecule has 346 valence electrons. The summed E-state index contributed by atoms with van der Waals surface area (Å²) in [7, 11) is 0. The summed E-state index contributed by atoms with van der Waals surface area (Å²) in [5, 5.41) is 36.0. The van der Waals surface area contributed by atoms with Gasteiger partial charge in [0.25, 0.3) is 0 Å². The van der Waals surface area contributed by atoms with Crippen LogP contribution in [-0.4, -0.2) is 22.8 Å². The summed E-state index contributed by atoms with van der Waals surface area (Å²) in [6.07, 6.45) is 0. The Balaban J connectivity index is 1.21. The van der Waals surface area contributed by atoms with Crippen molar-refractivity contribution in [3.63, 3.8) is 0 Å². The number of hydrogen-bond acceptors (Lipinski definition) is 2. The van der Waals surface area contributed by atoms with Crippen molar-refractivity contribution in [2.75, 3.05) is 0 Å². The summed E-state index contributed by atoms with van der Waals surface area (Å²) in [6, 6.07) is 88.7. The molecular weight excluding hydrogens is 915 g/mol. The third-order valence-electron chi connectivity index (χ3n) is 15.7. The largest absolute Gasteiger partial charge is 0.309 e. The molecule has 0 saturated carbocycles. The van der Waals surface area contributed by atoms with Gasteiger partial charge in [-0.05, 0) is 72.8 Å². The van der Waals surface area contributed by atoms with Crippen molar-refractivity contribution >= 4 is 109 Å². The van der Waals surface area contributed by atoms with E-state index in [1.807, 2.05) is 0 Å². The summed E-state index contributed by atoms with van der Waals surface area (Å²) < 4.78 is 11.4. The monoisotopic (exact) mass is 953 g/mol. The van der Waals surface area contributed by atoms with Gasteiger partial charge in [0.1, 0.15) is 23.3 Å². The quantitative estimate of drug-likeness (QED) is 0.172. The van der Waals surface area contributed by atoms with Crippen molar-refractivity contribution in [2.24, 2.45) is 0 Å². The molecule has 0 aliphatic carbocycles. The van der Waals surface area contributed by atoms with Crippen LogP contribution in [-0.2, 0) is 0 Å². The smallest absolute Gasteiger partial charge is 0.104 e. The average molecular weight is 954 g/mol. The van der Waals surface area contributed by atoms with Crippen LogP contribution in [0.5, 0.6) is 0 Å². The zero-order chi connectivity index (χ0) is 49.5. The molecular formula is C68H39N7. The van der Waals surface area contributed by atoms with Gasteiger partial charge in [-0.2, -0.15) is 10.5 Å². The number of hydrogen-bond donors (Lipinski definition) is 0. The van der Waals surface area contributed by atoms with Gasteiger partial charge in [0.2, 0.25) is 0 Å². The third-order valence-corrected chi connectivity index (χ3v) is 15.7. The van der Waals surface area contributed by atoms with E-state index in [1.54, 1.807) is 0 Å². The lowest BCUT2D eigenvalue weighted by atomic mass is 9.98. The first-order valence-corrected chi connectivity index (χ1v) is 25.2. The molecule has 0 amide bonds. The summed E-state index contributed by atoms with van der Waals surface area (Å²) >= 11 is 0. The van der Waals surface area contributed by atoms with E-state index in [9.17, 15) is 10.5 Å². The fraction of sp³-hybridized carbons (Fsp3) is 0. The molecule has 5 heterocycles. The van der Waals surface area contributed by atoms with E-state index in [1.165, 1.54) is 0 Å². The summed E-state index contributed by atoms with van der Waals surface area (Å²) in [5.41, 5.74) is 13.9. The highest BCUT2D eigenvalue weighted by molar-refractivity contribution is 6.29. The number of aromatic nitrogens is 5. The van der Waals surface area contributed by atoms with Crippen LogP contribution in [0.15, 0.2) is 237 Å². The second-order valence-electron chi connectivity index (χ2n) is 19.4. The Hall–Kier alpha value is -10.6. The maximum Gasteiger partial charge on any atom is 0.104 e. The molecule has 0 aliphatic rings. The van der Waals surface area contributed by atoms with Gasteiger partial charge in [-0.3, -0.25) is 0 Å². The molecule has 16 aromatic rings. The molecule has 11 aromatic carbocycles. The Morgan fingerprint density at radius 2 is 0.440 bits per heavy atom. The fourth-order valence-electron chi connectivity index (χ4n) is 12.9. The minimum absolute atomic E-state index is 0.420. The van der Waals surface area contributed by atoms with Gasteiger partial charge in [-0.15, -0.1) is 0 Å². The van der Waals surface area contributed by atoms with Crippen LogP contribution in [0.4, 0.5) is 0 Å². The molecule has 0 saturated heterocycles. The first-order valence-electron chi connectivity index (χ1n) is 25.2. The molecule has 0 radical (unpaired) electrons. The van der Waals surface area contributed by atoms with Crippen molar-refractivity contribution < 1.29 is 0 Å². The Bertz CT molecular complexity index is 5060. The molecule has 0 N–H and O–H groups in total. The van der Waals surface area contributed by atoms with Gasteiger partial charge in [-0.1, -0.05) is 164 Å². The van der Waals surface area contributed by atoms with Crippen LogP contribution in [0.3, 0.4) is 0 Å². The summed E-state index contributed by atoms with van der Waals surface area (Å²) in [4.78, 5) is 0. The molecule has 7 nitrogen and oxygen atoms in total. The molecule has 0 atom stereocenters. The minimum Gasteiger partial charge on any atom is -0.309 e. The lowest BCUT2D eigenvalue weighted by molar-refractivity contribution is 1.02. The normalized spacial score (nSPS) is 12.0. The Morgan fingerprint density at radius 3 is 0.747 bits per heavy atom. The van der Waals surface area contributed by atoms with E-state index in [-0.39, 0.29) is 0 Å². The number of benzene rings is 11. The van der Waals surface area contributed by atoms with Crippen molar-refractivity contribution in [3.8, 4) is 40.6 Å². The van der Waals surface area contributed by atoms with Gasteiger partial charge < -0.3 is 22.8 Å². The van der Waals surface area contributed by atoms with Crippen LogP contribution in [0.2, 0.25) is 0 Å². The lowest BCUT2D eigenvalue weighted by Gasteiger charge is -2.27. The molecule has 0 aliphatic heterocycles. The van der Waals surface area contributed by atoms with Gasteiger partial charge in [-0.25, -0.2) is 0 Å². The minimum atomic E-state index is 0.420. The van der Waals surface area contributed by atoms with Crippen LogP contribution < -0.4 is 0 Å². The Labute approximate surface area is 428 Å². The van der Waals surface area contributed by atoms with E-state index in [2.05, 4.69) is 272 Å². The average Bonchev–Trinajstić information content (AvgIpc) is 4.28. The van der Waals surface area contributed by atoms with E-state index in [4.69, 9.17) is 0 Å². The first-order chi connectivity index (χ1) is 37.2. The van der Waals surface area contributed by atoms with Crippen LogP contribution in [0.1, 0.15) is 11.1 Å². The Morgan fingerprint density at radius 1 is 0.213 bits per heavy atom. The lowest BCUT2D eigenvalue weighted by Crippen LogP contribution is -2.16. The predicted molar refractivity (Wildman–Crippen MR) is 308 cm³/mol. The summed E-state index contributed by atoms with van der Waals surface area (Å²) in [5.74, 6) is 0. The summed E-state index contributed by atoms with van der Waals surface area (Å²) in [6.45, 7) is 0. The van der Waals surface area contributed by atoms with Gasteiger partial charge >= 0.3 is 0 Å². The maximum atomic E-state index is 12.7. The van der Waals surface area contributed by atoms with Crippen molar-refractivity contribution in [2.45, 2.75) is 0 Å². The van der Waals surface area contributed by atoms with E-state index in [0.717, 1.165) is 115 Å². The standard InChI is InChI=1S/C68H39N7/c69-40-51-65(72-53-30-12-4-22-43(53)44-23-5-13-31-54(44)72)66(73-55-32-14-6-24-45(55)46-25-7-15-33-56(46)73)52(41-70)68(67(51)74-57-34-16-8-26-47(57)48-27-9-17-35-58(48)74)75-60-37-19-11-29-50(60)64-62(75)39-38-61-63(64)49-28-10-18-36-59(49)71(61)42-20-2-1-3-21-42/h1-39H. The maximum absolute atomic E-state index is 12.7. The topological polar surface area (TPSA) is 72.2 Å². The van der Waals surface area contributed by atoms with Crippen molar-refractivity contribution in [3.05, 3.63) is 248 Å². The highest BCUT2D eigenvalue weighted by atomic mass is 15.1. The molecule has 75 heavy (non-hydrogen) atoms. The van der Waals surface area contributed by atoms with Crippen LogP contribution in [0, 0.1) is 22.7 Å². The van der Waals surface area contributed by atoms with E-state index >= 15 is 0 Å². The van der Waals surface area contributed by atoms with Gasteiger partial charge in [0.05, 0.1) is 77.9 Å². The molecule has 0 bridgehead atoms. The molecule has 0 spiro atoms. The first kappa shape index (κ1) is 41.1. The molecule has 0 fully saturated rings. The SMILES string of the molecule is N#Cc1c(-n2c3ccccc3c3ccccc32)c(-n2c3ccccc3c3ccccc32)c(C#N)c(-n2c3ccccc3c3c4c5ccccc5n(-c5ccccc5)c4ccc32)c1-n1c2ccccc2c2ccccc21. The second kappa shape index (κ2) is 15.5. The fourth-order valence-corrected chi connectivity index (χ4v) is 12.9. The predicted octanol–water partition coefficient (Wildman–Crippen LogP) is 16.9. The van der Waals surface area contributed by atoms with E-state index < -0.39 is 0 Å². The Kier molecular flexibility index (Phi) is 8.46. The number of rotatable bonds is 5. The highest BCUT2D eigenvalue weighted by Gasteiger charge is 2.35. The van der Waals surface area contributed by atoms with Crippen LogP contribution in [0.25, 0.3) is 137 Å². The third kappa shape index (κ3) is 5.40. The van der Waals surface area contributed by atoms with Gasteiger partial charge in [0, 0.05) is 59.5 Å². The molecule has 0 unspecified atom stereocenters. The zero-order valence-corrected chi connectivity index (χ0v) is 40.1. The number of fused-ring (bicyclic) bond motifs is 16. The zero-order valence-electron chi connectivity index (χ0n) is 40.1. The van der Waals surface area contributed by atoms with E-state index in [0.29, 0.717) is 33.9 Å². The van der Waals surface area contributed by atoms with Gasteiger partial charge in [0.15, 0.2) is 0 Å². The number of nitrogens with zero attached hydrogens (tertiary/aromatic N) is 7.